The van der Waals surface area contributed by atoms with E-state index in [0.29, 0.717) is 89.4 Å². The van der Waals surface area contributed by atoms with Gasteiger partial charge in [-0.25, -0.2) is 15.0 Å². The lowest BCUT2D eigenvalue weighted by Crippen LogP contribution is -2.39. The summed E-state index contributed by atoms with van der Waals surface area (Å²) in [5.41, 5.74) is 14.8. The molecule has 14 nitrogen and oxygen atoms in total. The van der Waals surface area contributed by atoms with Gasteiger partial charge in [0.1, 0.15) is 18.5 Å². The average molecular weight is 689 g/mol. The Balaban J connectivity index is 1.18. The molecule has 4 N–H and O–H groups in total. The highest BCUT2D eigenvalue weighted by molar-refractivity contribution is 7.99. The van der Waals surface area contributed by atoms with Crippen LogP contribution in [0.4, 0.5) is 5.82 Å². The fraction of sp³-hybridized carbons (Fsp3) is 0.667. The quantitative estimate of drug-likeness (QED) is 0.263. The predicted octanol–water partition coefficient (Wildman–Crippen LogP) is 2.78. The van der Waals surface area contributed by atoms with Crippen molar-refractivity contribution in [2.45, 2.75) is 67.9 Å². The van der Waals surface area contributed by atoms with Gasteiger partial charge in [-0.2, -0.15) is 0 Å². The Bertz CT molecular complexity index is 1500. The van der Waals surface area contributed by atoms with Crippen LogP contribution in [0.1, 0.15) is 31.7 Å². The van der Waals surface area contributed by atoms with Gasteiger partial charge < -0.3 is 53.7 Å². The van der Waals surface area contributed by atoms with Crippen LogP contribution in [0.25, 0.3) is 11.2 Å². The summed E-state index contributed by atoms with van der Waals surface area (Å²) in [5.74, 6) is 1.87. The second kappa shape index (κ2) is 16.8. The number of fused-ring (bicyclic) bond motifs is 3. The van der Waals surface area contributed by atoms with E-state index in [4.69, 9.17) is 49.6 Å². The van der Waals surface area contributed by atoms with Crippen LogP contribution in [0.5, 0.6) is 11.5 Å². The van der Waals surface area contributed by atoms with Gasteiger partial charge in [0, 0.05) is 24.3 Å². The van der Waals surface area contributed by atoms with E-state index in [0.717, 1.165) is 76.1 Å². The van der Waals surface area contributed by atoms with Crippen LogP contribution in [-0.4, -0.2) is 128 Å². The molecule has 0 bridgehead atoms. The number of aromatic nitrogens is 4. The summed E-state index contributed by atoms with van der Waals surface area (Å²) >= 11 is 1.58. The Morgan fingerprint density at radius 1 is 0.938 bits per heavy atom. The van der Waals surface area contributed by atoms with Gasteiger partial charge in [0.05, 0.1) is 72.6 Å². The third kappa shape index (κ3) is 8.16. The van der Waals surface area contributed by atoms with Crippen LogP contribution < -0.4 is 20.9 Å². The van der Waals surface area contributed by atoms with Crippen molar-refractivity contribution in [1.29, 1.82) is 0 Å². The van der Waals surface area contributed by atoms with Crippen LogP contribution in [-0.2, 0) is 30.2 Å². The number of nitrogens with two attached hydrogens (primary N) is 2. The number of benzene rings is 1. The molecule has 3 aliphatic rings. The summed E-state index contributed by atoms with van der Waals surface area (Å²) < 4.78 is 43.8. The van der Waals surface area contributed by atoms with E-state index in [1.165, 1.54) is 6.33 Å². The van der Waals surface area contributed by atoms with Crippen LogP contribution in [0.15, 0.2) is 28.5 Å². The lowest BCUT2D eigenvalue weighted by Gasteiger charge is -2.25. The smallest absolute Gasteiger partial charge is 0.231 e. The highest BCUT2D eigenvalue weighted by Crippen LogP contribution is 2.45. The van der Waals surface area contributed by atoms with Crippen molar-refractivity contribution in [3.8, 4) is 11.5 Å². The molecule has 4 atom stereocenters. The SMILES string of the molecule is Cc1cc2c(cc1Sc1nc3c(N)ncnc3n1CCC[N+]13CCCOCCOCCOCCOCCOC(CCN)C1C3C)OCO2. The summed E-state index contributed by atoms with van der Waals surface area (Å²) in [4.78, 5) is 14.8. The van der Waals surface area contributed by atoms with Crippen molar-refractivity contribution in [2.75, 3.05) is 91.6 Å². The normalized spacial score (nSPS) is 26.0. The van der Waals surface area contributed by atoms with Crippen molar-refractivity contribution in [2.24, 2.45) is 5.73 Å². The lowest BCUT2D eigenvalue weighted by atomic mass is 10.1. The molecule has 6 rings (SSSR count). The molecule has 4 unspecified atom stereocenters. The fourth-order valence-corrected chi connectivity index (χ4v) is 8.08. The third-order valence-electron chi connectivity index (χ3n) is 9.53. The molecule has 2 aromatic heterocycles. The van der Waals surface area contributed by atoms with E-state index in [2.05, 4.69) is 28.4 Å². The lowest BCUT2D eigenvalue weighted by molar-refractivity contribution is -0.829. The fourth-order valence-electron chi connectivity index (χ4n) is 7.08. The van der Waals surface area contributed by atoms with E-state index >= 15 is 0 Å². The van der Waals surface area contributed by atoms with E-state index in [1.807, 2.05) is 12.1 Å². The number of quaternary nitrogens is 1. The zero-order chi connectivity index (χ0) is 33.3. The standard InChI is InChI=1S/C33H50N7O7S/c1-23-19-26-27(47-22-46-26)20-28(23)48-33-38-29-31(35)36-21-37-32(29)39(33)7-3-8-40-9-4-10-41-11-12-42-13-14-43-15-16-44-17-18-45-25(5-6-34)30(40)24(40)2/h19-21,24-25,30H,3-18,22,34H2,1-2H3,(H2,35,36,37)/q+1. The summed E-state index contributed by atoms with van der Waals surface area (Å²) in [6.45, 7) is 13.0. The first-order valence-electron chi connectivity index (χ1n) is 17.1. The molecule has 0 radical (unpaired) electrons. The van der Waals surface area contributed by atoms with E-state index < -0.39 is 0 Å². The number of nitrogens with zero attached hydrogens (tertiary/aromatic N) is 5. The number of aryl methyl sites for hydroxylation is 2. The molecule has 3 aromatic rings. The van der Waals surface area contributed by atoms with Gasteiger partial charge in [0.15, 0.2) is 39.7 Å². The Morgan fingerprint density at radius 3 is 2.35 bits per heavy atom. The number of hydrogen-bond acceptors (Lipinski definition) is 13. The molecule has 264 valence electrons. The second-order valence-corrected chi connectivity index (χ2v) is 13.5. The van der Waals surface area contributed by atoms with Crippen LogP contribution in [0, 0.1) is 6.92 Å². The first-order valence-corrected chi connectivity index (χ1v) is 17.9. The van der Waals surface area contributed by atoms with Crippen LogP contribution in [0.2, 0.25) is 0 Å². The van der Waals surface area contributed by atoms with Gasteiger partial charge >= 0.3 is 0 Å². The Morgan fingerprint density at radius 2 is 1.62 bits per heavy atom. The summed E-state index contributed by atoms with van der Waals surface area (Å²) in [7, 11) is 0. The number of nitrogen functional groups attached to an aromatic ring is 1. The Hall–Kier alpha value is -2.76. The van der Waals surface area contributed by atoms with Gasteiger partial charge in [0.25, 0.3) is 0 Å². The summed E-state index contributed by atoms with van der Waals surface area (Å²) in [5, 5.41) is 0.815. The predicted molar refractivity (Wildman–Crippen MR) is 180 cm³/mol. The molecule has 0 spiro atoms. The first-order chi connectivity index (χ1) is 23.5. The van der Waals surface area contributed by atoms with Gasteiger partial charge in [-0.3, -0.25) is 0 Å². The number of anilines is 1. The molecule has 0 amide bonds. The van der Waals surface area contributed by atoms with E-state index in [9.17, 15) is 0 Å². The zero-order valence-corrected chi connectivity index (χ0v) is 29.0. The minimum atomic E-state index is 0.0583. The third-order valence-corrected chi connectivity index (χ3v) is 10.7. The molecule has 5 heterocycles. The number of rotatable bonds is 8. The summed E-state index contributed by atoms with van der Waals surface area (Å²) in [6, 6.07) is 4.81. The zero-order valence-electron chi connectivity index (χ0n) is 28.1. The van der Waals surface area contributed by atoms with E-state index in [-0.39, 0.29) is 12.9 Å². The highest BCUT2D eigenvalue weighted by Gasteiger charge is 2.65. The molecule has 48 heavy (non-hydrogen) atoms. The van der Waals surface area contributed by atoms with Crippen molar-refractivity contribution in [1.82, 2.24) is 19.5 Å². The van der Waals surface area contributed by atoms with Crippen LogP contribution >= 0.6 is 11.8 Å². The molecule has 15 heteroatoms. The molecule has 3 aliphatic heterocycles. The van der Waals surface area contributed by atoms with Crippen molar-refractivity contribution in [3.63, 3.8) is 0 Å². The minimum Gasteiger partial charge on any atom is -0.454 e. The van der Waals surface area contributed by atoms with Crippen molar-refractivity contribution < 1.29 is 37.6 Å². The molecular formula is C33H50N7O7S+. The minimum absolute atomic E-state index is 0.0583. The Kier molecular flexibility index (Phi) is 12.3. The maximum absolute atomic E-state index is 6.47. The number of imidazole rings is 1. The van der Waals surface area contributed by atoms with E-state index in [1.54, 1.807) is 11.8 Å². The molecular weight excluding hydrogens is 638 g/mol. The van der Waals surface area contributed by atoms with Gasteiger partial charge in [-0.1, -0.05) is 11.8 Å². The monoisotopic (exact) mass is 688 g/mol. The van der Waals surface area contributed by atoms with Gasteiger partial charge in [-0.15, -0.1) is 0 Å². The maximum atomic E-state index is 6.47. The Labute approximate surface area is 286 Å². The number of ether oxygens (including phenoxy) is 7. The molecule has 0 saturated carbocycles. The summed E-state index contributed by atoms with van der Waals surface area (Å²) in [6.07, 6.45) is 4.24. The van der Waals surface area contributed by atoms with Crippen molar-refractivity contribution in [3.05, 3.63) is 24.0 Å². The first kappa shape index (κ1) is 35.1. The van der Waals surface area contributed by atoms with Crippen LogP contribution in [0.3, 0.4) is 0 Å². The molecule has 1 aromatic carbocycles. The molecule has 0 aliphatic carbocycles. The largest absolute Gasteiger partial charge is 0.454 e. The van der Waals surface area contributed by atoms with Gasteiger partial charge in [0.2, 0.25) is 6.79 Å². The second-order valence-electron chi connectivity index (χ2n) is 12.5. The van der Waals surface area contributed by atoms with Crippen molar-refractivity contribution >= 4 is 28.7 Å². The molecule has 2 fully saturated rings. The molecule has 2 saturated heterocycles. The average Bonchev–Trinajstić information content (AvgIpc) is 3.34. The van der Waals surface area contributed by atoms with Gasteiger partial charge in [-0.05, 0) is 44.5 Å². The maximum Gasteiger partial charge on any atom is 0.231 e. The topological polar surface area (TPSA) is 160 Å². The highest BCUT2D eigenvalue weighted by atomic mass is 32.2. The number of hydrogen-bond donors (Lipinski definition) is 2.